The highest BCUT2D eigenvalue weighted by molar-refractivity contribution is 5.06. The van der Waals surface area contributed by atoms with Crippen LogP contribution in [0.1, 0.15) is 52.1 Å². The number of aromatic nitrogens is 1. The van der Waals surface area contributed by atoms with Crippen LogP contribution < -0.4 is 0 Å². The summed E-state index contributed by atoms with van der Waals surface area (Å²) < 4.78 is 0. The van der Waals surface area contributed by atoms with Gasteiger partial charge in [0, 0.05) is 24.3 Å². The van der Waals surface area contributed by atoms with E-state index in [1.807, 2.05) is 12.3 Å². The van der Waals surface area contributed by atoms with Crippen molar-refractivity contribution in [1.29, 1.82) is 0 Å². The molecule has 1 fully saturated rings. The second-order valence-corrected chi connectivity index (χ2v) is 5.74. The minimum absolute atomic E-state index is 0.299. The average Bonchev–Trinajstić information content (AvgIpc) is 3.11. The van der Waals surface area contributed by atoms with Crippen LogP contribution in [0, 0.1) is 0 Å². The molecule has 0 spiro atoms. The van der Waals surface area contributed by atoms with E-state index in [0.29, 0.717) is 5.54 Å². The van der Waals surface area contributed by atoms with Gasteiger partial charge < -0.3 is 0 Å². The summed E-state index contributed by atoms with van der Waals surface area (Å²) in [5.41, 5.74) is 1.50. The molecule has 1 aliphatic carbocycles. The van der Waals surface area contributed by atoms with Crippen molar-refractivity contribution < 1.29 is 0 Å². The lowest BCUT2D eigenvalue weighted by atomic mass is 9.95. The van der Waals surface area contributed by atoms with Gasteiger partial charge in [-0.25, -0.2) is 0 Å². The van der Waals surface area contributed by atoms with Crippen LogP contribution >= 0.6 is 0 Å². The van der Waals surface area contributed by atoms with Gasteiger partial charge in [0.15, 0.2) is 0 Å². The normalized spacial score (nSPS) is 16.5. The Morgan fingerprint density at radius 3 is 2.65 bits per heavy atom. The molecule has 1 aromatic rings. The third-order valence-electron chi connectivity index (χ3n) is 3.69. The zero-order valence-electron chi connectivity index (χ0n) is 11.3. The minimum Gasteiger partial charge on any atom is -0.289 e. The molecule has 0 N–H and O–H groups in total. The summed E-state index contributed by atoms with van der Waals surface area (Å²) >= 11 is 0. The number of rotatable bonds is 6. The Morgan fingerprint density at radius 1 is 1.35 bits per heavy atom. The fraction of sp³-hybridized carbons (Fsp3) is 0.667. The van der Waals surface area contributed by atoms with Crippen molar-refractivity contribution in [2.75, 3.05) is 0 Å². The van der Waals surface area contributed by atoms with Crippen molar-refractivity contribution >= 4 is 0 Å². The van der Waals surface area contributed by atoms with E-state index in [0.717, 1.165) is 12.6 Å². The zero-order chi connectivity index (χ0) is 12.3. The Hall–Kier alpha value is -0.890. The van der Waals surface area contributed by atoms with Crippen LogP contribution in [0.3, 0.4) is 0 Å². The Balaban J connectivity index is 2.07. The highest BCUT2D eigenvalue weighted by Crippen LogP contribution is 2.35. The van der Waals surface area contributed by atoms with Gasteiger partial charge in [-0.3, -0.25) is 9.88 Å². The van der Waals surface area contributed by atoms with Crippen LogP contribution in [0.15, 0.2) is 24.4 Å². The molecule has 1 saturated carbocycles. The summed E-state index contributed by atoms with van der Waals surface area (Å²) in [6.07, 6.45) is 7.13. The molecule has 0 radical (unpaired) electrons. The first kappa shape index (κ1) is 12.6. The summed E-state index contributed by atoms with van der Waals surface area (Å²) in [5, 5.41) is 0. The molecule has 0 amide bonds. The molecule has 2 nitrogen and oxygen atoms in total. The lowest BCUT2D eigenvalue weighted by Gasteiger charge is -2.39. The van der Waals surface area contributed by atoms with E-state index in [2.05, 4.69) is 42.8 Å². The van der Waals surface area contributed by atoms with Crippen LogP contribution in [-0.2, 0) is 6.54 Å². The van der Waals surface area contributed by atoms with Gasteiger partial charge >= 0.3 is 0 Å². The maximum atomic E-state index is 4.46. The topological polar surface area (TPSA) is 16.1 Å². The second kappa shape index (κ2) is 5.18. The Morgan fingerprint density at radius 2 is 2.12 bits per heavy atom. The van der Waals surface area contributed by atoms with Gasteiger partial charge in [0.2, 0.25) is 0 Å². The molecule has 0 aromatic carbocycles. The standard InChI is InChI=1S/C15H24N2/c1-4-10-15(2,3)17(14-8-9-14)12-13-7-5-6-11-16-13/h5-7,11,14H,4,8-10,12H2,1-3H3. The van der Waals surface area contributed by atoms with Crippen LogP contribution in [0.25, 0.3) is 0 Å². The summed E-state index contributed by atoms with van der Waals surface area (Å²) in [7, 11) is 0. The summed E-state index contributed by atoms with van der Waals surface area (Å²) in [5.74, 6) is 0. The largest absolute Gasteiger partial charge is 0.289 e. The second-order valence-electron chi connectivity index (χ2n) is 5.74. The molecule has 94 valence electrons. The molecular weight excluding hydrogens is 208 g/mol. The van der Waals surface area contributed by atoms with Gasteiger partial charge in [-0.1, -0.05) is 19.4 Å². The van der Waals surface area contributed by atoms with Gasteiger partial charge in [-0.15, -0.1) is 0 Å². The fourth-order valence-corrected chi connectivity index (χ4v) is 2.65. The summed E-state index contributed by atoms with van der Waals surface area (Å²) in [6.45, 7) is 8.02. The van der Waals surface area contributed by atoms with Gasteiger partial charge in [0.05, 0.1) is 5.69 Å². The molecule has 0 saturated heterocycles. The molecule has 2 heteroatoms. The molecular formula is C15H24N2. The first-order chi connectivity index (χ1) is 8.13. The van der Waals surface area contributed by atoms with Crippen molar-refractivity contribution in [3.8, 4) is 0 Å². The maximum Gasteiger partial charge on any atom is 0.0544 e. The SMILES string of the molecule is CCCC(C)(C)N(Cc1ccccn1)C1CC1. The van der Waals surface area contributed by atoms with Gasteiger partial charge in [0.1, 0.15) is 0 Å². The van der Waals surface area contributed by atoms with Crippen LogP contribution in [0.4, 0.5) is 0 Å². The van der Waals surface area contributed by atoms with Gasteiger partial charge in [0.25, 0.3) is 0 Å². The van der Waals surface area contributed by atoms with Crippen LogP contribution in [-0.4, -0.2) is 21.5 Å². The predicted molar refractivity (Wildman–Crippen MR) is 71.8 cm³/mol. The summed E-state index contributed by atoms with van der Waals surface area (Å²) in [4.78, 5) is 7.11. The first-order valence-electron chi connectivity index (χ1n) is 6.80. The van der Waals surface area contributed by atoms with E-state index in [1.165, 1.54) is 31.4 Å². The lowest BCUT2D eigenvalue weighted by Crippen LogP contribution is -2.44. The highest BCUT2D eigenvalue weighted by Gasteiger charge is 2.37. The van der Waals surface area contributed by atoms with Crippen LogP contribution in [0.2, 0.25) is 0 Å². The van der Waals surface area contributed by atoms with E-state index >= 15 is 0 Å². The lowest BCUT2D eigenvalue weighted by molar-refractivity contribution is 0.0906. The van der Waals surface area contributed by atoms with Crippen molar-refractivity contribution in [1.82, 2.24) is 9.88 Å². The highest BCUT2D eigenvalue weighted by atomic mass is 15.2. The Labute approximate surface area is 105 Å². The predicted octanol–water partition coefficient (Wildman–Crippen LogP) is 3.62. The van der Waals surface area contributed by atoms with E-state index < -0.39 is 0 Å². The van der Waals surface area contributed by atoms with Crippen LogP contribution in [0.5, 0.6) is 0 Å². The number of hydrogen-bond donors (Lipinski definition) is 0. The number of hydrogen-bond acceptors (Lipinski definition) is 2. The quantitative estimate of drug-likeness (QED) is 0.744. The monoisotopic (exact) mass is 232 g/mol. The molecule has 0 bridgehead atoms. The zero-order valence-corrected chi connectivity index (χ0v) is 11.3. The van der Waals surface area contributed by atoms with Crippen molar-refractivity contribution in [2.24, 2.45) is 0 Å². The Kier molecular flexibility index (Phi) is 3.82. The number of nitrogens with zero attached hydrogens (tertiary/aromatic N) is 2. The third-order valence-corrected chi connectivity index (χ3v) is 3.69. The fourth-order valence-electron chi connectivity index (χ4n) is 2.65. The molecule has 0 atom stereocenters. The van der Waals surface area contributed by atoms with Gasteiger partial charge in [-0.2, -0.15) is 0 Å². The first-order valence-corrected chi connectivity index (χ1v) is 6.80. The Bertz CT molecular complexity index is 341. The maximum absolute atomic E-state index is 4.46. The molecule has 0 aliphatic heterocycles. The average molecular weight is 232 g/mol. The summed E-state index contributed by atoms with van der Waals surface area (Å²) in [6, 6.07) is 7.00. The number of pyridine rings is 1. The van der Waals surface area contributed by atoms with Crippen molar-refractivity contribution in [3.05, 3.63) is 30.1 Å². The molecule has 0 unspecified atom stereocenters. The van der Waals surface area contributed by atoms with E-state index in [-0.39, 0.29) is 0 Å². The van der Waals surface area contributed by atoms with Crippen molar-refractivity contribution in [3.63, 3.8) is 0 Å². The molecule has 1 heterocycles. The molecule has 1 aliphatic rings. The van der Waals surface area contributed by atoms with E-state index in [9.17, 15) is 0 Å². The molecule has 1 aromatic heterocycles. The molecule has 17 heavy (non-hydrogen) atoms. The van der Waals surface area contributed by atoms with Gasteiger partial charge in [-0.05, 0) is 45.2 Å². The van der Waals surface area contributed by atoms with E-state index in [1.54, 1.807) is 0 Å². The smallest absolute Gasteiger partial charge is 0.0544 e. The molecule has 2 rings (SSSR count). The van der Waals surface area contributed by atoms with E-state index in [4.69, 9.17) is 0 Å². The van der Waals surface area contributed by atoms with Crippen molar-refractivity contribution in [2.45, 2.75) is 64.6 Å². The minimum atomic E-state index is 0.299. The third kappa shape index (κ3) is 3.29.